The van der Waals surface area contributed by atoms with E-state index in [-0.39, 0.29) is 5.91 Å². The summed E-state index contributed by atoms with van der Waals surface area (Å²) in [4.78, 5) is 13.9. The molecule has 0 aliphatic carbocycles. The van der Waals surface area contributed by atoms with Crippen LogP contribution in [0.2, 0.25) is 0 Å². The third-order valence-corrected chi connectivity index (χ3v) is 3.26. The Morgan fingerprint density at radius 3 is 2.90 bits per heavy atom. The van der Waals surface area contributed by atoms with E-state index in [2.05, 4.69) is 15.5 Å². The van der Waals surface area contributed by atoms with E-state index in [1.54, 1.807) is 6.26 Å². The van der Waals surface area contributed by atoms with E-state index in [0.29, 0.717) is 26.1 Å². The minimum atomic E-state index is 0.0882. The number of furan rings is 1. The van der Waals surface area contributed by atoms with Crippen molar-refractivity contribution in [3.05, 3.63) is 24.2 Å². The predicted octanol–water partition coefficient (Wildman–Crippen LogP) is 0.208. The van der Waals surface area contributed by atoms with Gasteiger partial charge in [-0.3, -0.25) is 9.69 Å². The van der Waals surface area contributed by atoms with Crippen LogP contribution in [0.25, 0.3) is 0 Å². The van der Waals surface area contributed by atoms with Crippen LogP contribution in [-0.2, 0) is 16.1 Å². The van der Waals surface area contributed by atoms with Gasteiger partial charge < -0.3 is 19.8 Å². The van der Waals surface area contributed by atoms with Crippen molar-refractivity contribution in [2.45, 2.75) is 13.0 Å². The molecule has 20 heavy (non-hydrogen) atoms. The number of ether oxygens (including phenoxy) is 1. The SMILES string of the molecule is O=C(CCNCc1ccco1)NCCN1CCOCC1. The molecule has 2 heterocycles. The molecule has 0 spiro atoms. The molecule has 0 saturated carbocycles. The molecule has 0 atom stereocenters. The zero-order valence-corrected chi connectivity index (χ0v) is 11.8. The van der Waals surface area contributed by atoms with Gasteiger partial charge in [0.15, 0.2) is 0 Å². The van der Waals surface area contributed by atoms with Crippen LogP contribution in [0.5, 0.6) is 0 Å². The van der Waals surface area contributed by atoms with E-state index in [9.17, 15) is 4.79 Å². The summed E-state index contributed by atoms with van der Waals surface area (Å²) in [6.07, 6.45) is 2.14. The summed E-state index contributed by atoms with van der Waals surface area (Å²) in [5.74, 6) is 0.975. The highest BCUT2D eigenvalue weighted by atomic mass is 16.5. The van der Waals surface area contributed by atoms with Crippen molar-refractivity contribution in [2.24, 2.45) is 0 Å². The lowest BCUT2D eigenvalue weighted by Gasteiger charge is -2.26. The van der Waals surface area contributed by atoms with E-state index in [1.807, 2.05) is 12.1 Å². The van der Waals surface area contributed by atoms with Crippen molar-refractivity contribution in [3.8, 4) is 0 Å². The van der Waals surface area contributed by atoms with Crippen molar-refractivity contribution in [3.63, 3.8) is 0 Å². The number of rotatable bonds is 8. The third kappa shape index (κ3) is 5.73. The Kier molecular flexibility index (Phi) is 6.56. The normalized spacial score (nSPS) is 16.2. The van der Waals surface area contributed by atoms with Gasteiger partial charge in [0.05, 0.1) is 26.0 Å². The van der Waals surface area contributed by atoms with Crippen LogP contribution in [0.1, 0.15) is 12.2 Å². The maximum absolute atomic E-state index is 11.6. The number of hydrogen-bond donors (Lipinski definition) is 2. The largest absolute Gasteiger partial charge is 0.468 e. The molecule has 1 aromatic heterocycles. The second-order valence-electron chi connectivity index (χ2n) is 4.81. The number of amides is 1. The zero-order valence-electron chi connectivity index (χ0n) is 11.8. The fourth-order valence-electron chi connectivity index (χ4n) is 2.09. The van der Waals surface area contributed by atoms with Crippen molar-refractivity contribution in [1.29, 1.82) is 0 Å². The summed E-state index contributed by atoms with van der Waals surface area (Å²) in [6.45, 7) is 6.43. The van der Waals surface area contributed by atoms with Gasteiger partial charge in [0.2, 0.25) is 5.91 Å². The Bertz CT molecular complexity index is 375. The van der Waals surface area contributed by atoms with Gasteiger partial charge in [0, 0.05) is 39.1 Å². The number of carbonyl (C=O) groups is 1. The first kappa shape index (κ1) is 15.0. The number of morpholine rings is 1. The first-order valence-corrected chi connectivity index (χ1v) is 7.14. The molecule has 6 heteroatoms. The molecule has 2 rings (SSSR count). The molecule has 2 N–H and O–H groups in total. The number of carbonyl (C=O) groups excluding carboxylic acids is 1. The fraction of sp³-hybridized carbons (Fsp3) is 0.643. The Morgan fingerprint density at radius 2 is 2.15 bits per heavy atom. The topological polar surface area (TPSA) is 66.7 Å². The number of nitrogens with zero attached hydrogens (tertiary/aromatic N) is 1. The molecule has 0 radical (unpaired) electrons. The van der Waals surface area contributed by atoms with Crippen LogP contribution < -0.4 is 10.6 Å². The molecule has 1 saturated heterocycles. The van der Waals surface area contributed by atoms with Gasteiger partial charge in [-0.1, -0.05) is 0 Å². The monoisotopic (exact) mass is 281 g/mol. The summed E-state index contributed by atoms with van der Waals surface area (Å²) in [5.41, 5.74) is 0. The molecule has 0 aromatic carbocycles. The fourth-order valence-corrected chi connectivity index (χ4v) is 2.09. The van der Waals surface area contributed by atoms with E-state index in [1.165, 1.54) is 0 Å². The summed E-state index contributed by atoms with van der Waals surface area (Å²) in [6, 6.07) is 3.77. The summed E-state index contributed by atoms with van der Waals surface area (Å²) in [5, 5.41) is 6.12. The standard InChI is InChI=1S/C14H23N3O3/c18-14(3-4-15-12-13-2-1-9-20-13)16-5-6-17-7-10-19-11-8-17/h1-2,9,15H,3-8,10-12H2,(H,16,18). The van der Waals surface area contributed by atoms with Crippen molar-refractivity contribution in [2.75, 3.05) is 45.9 Å². The van der Waals surface area contributed by atoms with Gasteiger partial charge in [0.25, 0.3) is 0 Å². The molecular formula is C14H23N3O3. The maximum atomic E-state index is 11.6. The maximum Gasteiger partial charge on any atom is 0.221 e. The minimum Gasteiger partial charge on any atom is -0.468 e. The first-order valence-electron chi connectivity index (χ1n) is 7.14. The van der Waals surface area contributed by atoms with Gasteiger partial charge in [0.1, 0.15) is 5.76 Å². The zero-order chi connectivity index (χ0) is 14.0. The van der Waals surface area contributed by atoms with E-state index in [4.69, 9.17) is 9.15 Å². The third-order valence-electron chi connectivity index (χ3n) is 3.26. The molecule has 0 bridgehead atoms. The van der Waals surface area contributed by atoms with Gasteiger partial charge in [-0.05, 0) is 12.1 Å². The van der Waals surface area contributed by atoms with Crippen LogP contribution in [0.4, 0.5) is 0 Å². The Balaban J connectivity index is 1.45. The van der Waals surface area contributed by atoms with Crippen molar-refractivity contribution < 1.29 is 13.9 Å². The average Bonchev–Trinajstić information content (AvgIpc) is 2.98. The smallest absolute Gasteiger partial charge is 0.221 e. The van der Waals surface area contributed by atoms with Crippen molar-refractivity contribution in [1.82, 2.24) is 15.5 Å². The molecular weight excluding hydrogens is 258 g/mol. The second-order valence-corrected chi connectivity index (χ2v) is 4.81. The lowest BCUT2D eigenvalue weighted by molar-refractivity contribution is -0.121. The number of hydrogen-bond acceptors (Lipinski definition) is 5. The molecule has 0 unspecified atom stereocenters. The Hall–Kier alpha value is -1.37. The van der Waals surface area contributed by atoms with Crippen LogP contribution in [0, 0.1) is 0 Å². The Morgan fingerprint density at radius 1 is 1.30 bits per heavy atom. The highest BCUT2D eigenvalue weighted by Crippen LogP contribution is 1.98. The van der Waals surface area contributed by atoms with E-state index in [0.717, 1.165) is 38.6 Å². The second kappa shape index (κ2) is 8.73. The minimum absolute atomic E-state index is 0.0882. The van der Waals surface area contributed by atoms with Gasteiger partial charge >= 0.3 is 0 Å². The van der Waals surface area contributed by atoms with Crippen LogP contribution in [0.3, 0.4) is 0 Å². The molecule has 1 amide bonds. The lowest BCUT2D eigenvalue weighted by Crippen LogP contribution is -2.41. The first-order chi connectivity index (χ1) is 9.84. The van der Waals surface area contributed by atoms with Gasteiger partial charge in [-0.2, -0.15) is 0 Å². The highest BCUT2D eigenvalue weighted by Gasteiger charge is 2.09. The number of nitrogens with one attached hydrogen (secondary N) is 2. The van der Waals surface area contributed by atoms with E-state index < -0.39 is 0 Å². The quantitative estimate of drug-likeness (QED) is 0.667. The van der Waals surface area contributed by atoms with Crippen LogP contribution in [0.15, 0.2) is 22.8 Å². The molecule has 1 fully saturated rings. The summed E-state index contributed by atoms with van der Waals surface area (Å²) in [7, 11) is 0. The molecule has 1 aliphatic heterocycles. The van der Waals surface area contributed by atoms with Crippen LogP contribution in [-0.4, -0.2) is 56.7 Å². The average molecular weight is 281 g/mol. The lowest BCUT2D eigenvalue weighted by atomic mass is 10.3. The Labute approximate surface area is 119 Å². The molecule has 6 nitrogen and oxygen atoms in total. The summed E-state index contributed by atoms with van der Waals surface area (Å²) < 4.78 is 10.5. The van der Waals surface area contributed by atoms with E-state index >= 15 is 0 Å². The van der Waals surface area contributed by atoms with Gasteiger partial charge in [-0.25, -0.2) is 0 Å². The van der Waals surface area contributed by atoms with Crippen LogP contribution >= 0.6 is 0 Å². The highest BCUT2D eigenvalue weighted by molar-refractivity contribution is 5.76. The summed E-state index contributed by atoms with van der Waals surface area (Å²) >= 11 is 0. The molecule has 1 aliphatic rings. The molecule has 1 aromatic rings. The molecule has 112 valence electrons. The predicted molar refractivity (Wildman–Crippen MR) is 75.3 cm³/mol. The van der Waals surface area contributed by atoms with Gasteiger partial charge in [-0.15, -0.1) is 0 Å². The van der Waals surface area contributed by atoms with Crippen molar-refractivity contribution >= 4 is 5.91 Å².